The zero-order valence-corrected chi connectivity index (χ0v) is 12.7. The Morgan fingerprint density at radius 2 is 2.10 bits per heavy atom. The van der Waals surface area contributed by atoms with E-state index in [4.69, 9.17) is 5.73 Å². The van der Waals surface area contributed by atoms with Gasteiger partial charge in [-0.25, -0.2) is 4.39 Å². The van der Waals surface area contributed by atoms with Crippen molar-refractivity contribution in [1.29, 1.82) is 0 Å². The van der Waals surface area contributed by atoms with Crippen LogP contribution in [0.15, 0.2) is 40.9 Å². The normalized spacial score (nSPS) is 14.2. The van der Waals surface area contributed by atoms with Gasteiger partial charge in [0.15, 0.2) is 0 Å². The fraction of sp³-hybridized carbons (Fsp3) is 0.250. The Kier molecular flexibility index (Phi) is 3.66. The van der Waals surface area contributed by atoms with Crippen LogP contribution < -0.4 is 10.6 Å². The average Bonchev–Trinajstić information content (AvgIpc) is 2.44. The van der Waals surface area contributed by atoms with Gasteiger partial charge in [0.2, 0.25) is 0 Å². The summed E-state index contributed by atoms with van der Waals surface area (Å²) in [5.41, 5.74) is 9.91. The van der Waals surface area contributed by atoms with Crippen molar-refractivity contribution in [3.05, 3.63) is 57.8 Å². The van der Waals surface area contributed by atoms with E-state index in [2.05, 4.69) is 26.9 Å². The highest BCUT2D eigenvalue weighted by molar-refractivity contribution is 9.10. The molecule has 0 spiro atoms. The number of fused-ring (bicyclic) bond motifs is 1. The van der Waals surface area contributed by atoms with E-state index >= 15 is 0 Å². The highest BCUT2D eigenvalue weighted by atomic mass is 79.9. The highest BCUT2D eigenvalue weighted by Crippen LogP contribution is 2.32. The lowest BCUT2D eigenvalue weighted by molar-refractivity contribution is 0.597. The molecule has 3 rings (SSSR count). The number of nitrogens with zero attached hydrogens (tertiary/aromatic N) is 1. The molecule has 2 N–H and O–H groups in total. The first kappa shape index (κ1) is 13.4. The largest absolute Gasteiger partial charge is 0.398 e. The van der Waals surface area contributed by atoms with Crippen molar-refractivity contribution >= 4 is 27.3 Å². The third-order valence-corrected chi connectivity index (χ3v) is 4.25. The summed E-state index contributed by atoms with van der Waals surface area (Å²) in [5, 5.41) is 0. The molecule has 104 valence electrons. The molecule has 1 aliphatic heterocycles. The third kappa shape index (κ3) is 2.52. The minimum atomic E-state index is -0.163. The summed E-state index contributed by atoms with van der Waals surface area (Å²) in [6, 6.07) is 11.0. The second-order valence-corrected chi connectivity index (χ2v) is 6.02. The van der Waals surface area contributed by atoms with Crippen LogP contribution in [0, 0.1) is 5.82 Å². The van der Waals surface area contributed by atoms with Gasteiger partial charge in [-0.1, -0.05) is 22.0 Å². The molecular formula is C16H16BrFN2. The van der Waals surface area contributed by atoms with Crippen molar-refractivity contribution < 1.29 is 4.39 Å². The van der Waals surface area contributed by atoms with E-state index in [1.54, 1.807) is 6.07 Å². The Balaban J connectivity index is 1.94. The van der Waals surface area contributed by atoms with Crippen LogP contribution in [0.25, 0.3) is 0 Å². The van der Waals surface area contributed by atoms with Crippen LogP contribution in [0.2, 0.25) is 0 Å². The number of benzene rings is 2. The van der Waals surface area contributed by atoms with Gasteiger partial charge in [0.1, 0.15) is 5.82 Å². The van der Waals surface area contributed by atoms with Crippen LogP contribution in [-0.4, -0.2) is 6.54 Å². The van der Waals surface area contributed by atoms with Gasteiger partial charge in [-0.3, -0.25) is 0 Å². The highest BCUT2D eigenvalue weighted by Gasteiger charge is 2.19. The third-order valence-electron chi connectivity index (χ3n) is 3.75. The topological polar surface area (TPSA) is 29.3 Å². The van der Waals surface area contributed by atoms with E-state index in [0.29, 0.717) is 12.1 Å². The molecule has 4 heteroatoms. The second kappa shape index (κ2) is 5.44. The van der Waals surface area contributed by atoms with Crippen LogP contribution in [-0.2, 0) is 13.0 Å². The molecule has 1 heterocycles. The molecule has 0 atom stereocenters. The van der Waals surface area contributed by atoms with E-state index in [1.807, 2.05) is 18.2 Å². The summed E-state index contributed by atoms with van der Waals surface area (Å²) in [6.07, 6.45) is 2.05. The van der Waals surface area contributed by atoms with Crippen LogP contribution >= 0.6 is 15.9 Å². The van der Waals surface area contributed by atoms with Crippen molar-refractivity contribution in [2.24, 2.45) is 0 Å². The van der Waals surface area contributed by atoms with Gasteiger partial charge in [-0.05, 0) is 48.7 Å². The molecule has 0 aliphatic carbocycles. The zero-order valence-electron chi connectivity index (χ0n) is 11.1. The smallest absolute Gasteiger partial charge is 0.128 e. The lowest BCUT2D eigenvalue weighted by Gasteiger charge is -2.32. The second-order valence-electron chi connectivity index (χ2n) is 5.11. The summed E-state index contributed by atoms with van der Waals surface area (Å²) in [4.78, 5) is 2.21. The SMILES string of the molecule is Nc1cccc2c1CCCN2Cc1cc(Br)ccc1F. The minimum absolute atomic E-state index is 0.163. The molecule has 0 amide bonds. The van der Waals surface area contributed by atoms with E-state index in [-0.39, 0.29) is 5.82 Å². The molecule has 1 aliphatic rings. The monoisotopic (exact) mass is 334 g/mol. The first-order valence-electron chi connectivity index (χ1n) is 6.71. The Morgan fingerprint density at radius 3 is 2.95 bits per heavy atom. The standard InChI is InChI=1S/C16H16BrFN2/c17-12-6-7-14(18)11(9-12)10-20-8-2-3-13-15(19)4-1-5-16(13)20/h1,4-7,9H,2-3,8,10,19H2. The van der Waals surface area contributed by atoms with Crippen molar-refractivity contribution in [2.45, 2.75) is 19.4 Å². The molecule has 2 nitrogen and oxygen atoms in total. The van der Waals surface area contributed by atoms with E-state index in [1.165, 1.54) is 11.6 Å². The van der Waals surface area contributed by atoms with Crippen LogP contribution in [0.3, 0.4) is 0 Å². The molecule has 0 bridgehead atoms. The number of nitrogens with two attached hydrogens (primary N) is 1. The molecule has 0 unspecified atom stereocenters. The summed E-state index contributed by atoms with van der Waals surface area (Å²) in [5.74, 6) is -0.163. The molecule has 2 aromatic carbocycles. The molecule has 0 saturated carbocycles. The number of hydrogen-bond acceptors (Lipinski definition) is 2. The number of nitrogen functional groups attached to an aromatic ring is 1. The Bertz CT molecular complexity index is 642. The van der Waals surface area contributed by atoms with Crippen molar-refractivity contribution in [2.75, 3.05) is 17.2 Å². The van der Waals surface area contributed by atoms with Gasteiger partial charge in [0.05, 0.1) is 0 Å². The molecule has 0 saturated heterocycles. The van der Waals surface area contributed by atoms with E-state index in [9.17, 15) is 4.39 Å². The maximum absolute atomic E-state index is 13.9. The zero-order chi connectivity index (χ0) is 14.1. The Labute approximate surface area is 126 Å². The maximum Gasteiger partial charge on any atom is 0.128 e. The Morgan fingerprint density at radius 1 is 1.25 bits per heavy atom. The minimum Gasteiger partial charge on any atom is -0.398 e. The quantitative estimate of drug-likeness (QED) is 0.837. The Hall–Kier alpha value is -1.55. The van der Waals surface area contributed by atoms with E-state index in [0.717, 1.165) is 35.2 Å². The molecule has 0 radical (unpaired) electrons. The van der Waals surface area contributed by atoms with Crippen molar-refractivity contribution in [3.8, 4) is 0 Å². The van der Waals surface area contributed by atoms with Gasteiger partial charge >= 0.3 is 0 Å². The predicted octanol–water partition coefficient (Wildman–Crippen LogP) is 4.12. The van der Waals surface area contributed by atoms with Gasteiger partial charge < -0.3 is 10.6 Å². The van der Waals surface area contributed by atoms with Gasteiger partial charge in [0, 0.05) is 34.5 Å². The van der Waals surface area contributed by atoms with Gasteiger partial charge in [-0.15, -0.1) is 0 Å². The summed E-state index contributed by atoms with van der Waals surface area (Å²) >= 11 is 3.40. The van der Waals surface area contributed by atoms with Crippen molar-refractivity contribution in [1.82, 2.24) is 0 Å². The van der Waals surface area contributed by atoms with Gasteiger partial charge in [0.25, 0.3) is 0 Å². The first-order chi connectivity index (χ1) is 9.65. The predicted molar refractivity (Wildman–Crippen MR) is 84.3 cm³/mol. The molecule has 20 heavy (non-hydrogen) atoms. The number of halogens is 2. The first-order valence-corrected chi connectivity index (χ1v) is 7.50. The number of anilines is 2. The van der Waals surface area contributed by atoms with Crippen LogP contribution in [0.1, 0.15) is 17.5 Å². The molecule has 0 aromatic heterocycles. The number of hydrogen-bond donors (Lipinski definition) is 1. The molecule has 0 fully saturated rings. The summed E-state index contributed by atoms with van der Waals surface area (Å²) in [7, 11) is 0. The fourth-order valence-electron chi connectivity index (χ4n) is 2.76. The molecule has 2 aromatic rings. The lowest BCUT2D eigenvalue weighted by Crippen LogP contribution is -2.29. The average molecular weight is 335 g/mol. The summed E-state index contributed by atoms with van der Waals surface area (Å²) < 4.78 is 14.8. The van der Waals surface area contributed by atoms with Crippen molar-refractivity contribution in [3.63, 3.8) is 0 Å². The van der Waals surface area contributed by atoms with Crippen LogP contribution in [0.4, 0.5) is 15.8 Å². The fourth-order valence-corrected chi connectivity index (χ4v) is 3.17. The molecular weight excluding hydrogens is 319 g/mol. The van der Waals surface area contributed by atoms with Gasteiger partial charge in [-0.2, -0.15) is 0 Å². The summed E-state index contributed by atoms with van der Waals surface area (Å²) in [6.45, 7) is 1.50. The maximum atomic E-state index is 13.9. The van der Waals surface area contributed by atoms with E-state index < -0.39 is 0 Å². The lowest BCUT2D eigenvalue weighted by atomic mass is 9.99. The number of rotatable bonds is 2. The van der Waals surface area contributed by atoms with Crippen LogP contribution in [0.5, 0.6) is 0 Å².